The van der Waals surface area contributed by atoms with Crippen molar-refractivity contribution in [1.29, 1.82) is 0 Å². The van der Waals surface area contributed by atoms with E-state index in [2.05, 4.69) is 34.5 Å². The minimum absolute atomic E-state index is 0.00768. The van der Waals surface area contributed by atoms with Crippen molar-refractivity contribution in [3.8, 4) is 11.1 Å². The Morgan fingerprint density at radius 2 is 1.56 bits per heavy atom. The molecule has 3 aromatic rings. The van der Waals surface area contributed by atoms with Gasteiger partial charge in [-0.25, -0.2) is 0 Å². The second kappa shape index (κ2) is 16.6. The Balaban J connectivity index is 1.25. The van der Waals surface area contributed by atoms with Gasteiger partial charge in [0.15, 0.2) is 6.29 Å². The molecule has 9 heteroatoms. The average molecular weight is 617 g/mol. The zero-order valence-electron chi connectivity index (χ0n) is 25.7. The highest BCUT2D eigenvalue weighted by Gasteiger charge is 2.33. The Bertz CT molecular complexity index is 1390. The largest absolute Gasteiger partial charge is 0.481 e. The van der Waals surface area contributed by atoms with E-state index in [-0.39, 0.29) is 31.1 Å². The van der Waals surface area contributed by atoms with Crippen LogP contribution in [0, 0.1) is 0 Å². The van der Waals surface area contributed by atoms with E-state index < -0.39 is 12.3 Å². The molecule has 1 amide bonds. The van der Waals surface area contributed by atoms with Crippen LogP contribution in [0.3, 0.4) is 0 Å². The van der Waals surface area contributed by atoms with Crippen molar-refractivity contribution in [2.24, 2.45) is 0 Å². The molecule has 2 fully saturated rings. The molecule has 0 spiro atoms. The molecule has 3 N–H and O–H groups in total. The summed E-state index contributed by atoms with van der Waals surface area (Å²) >= 11 is 0. The summed E-state index contributed by atoms with van der Waals surface area (Å²) in [5, 5.41) is 21.2. The summed E-state index contributed by atoms with van der Waals surface area (Å²) in [6.07, 6.45) is 2.57. The highest BCUT2D eigenvalue weighted by molar-refractivity contribution is 5.76. The number of rotatable bonds is 14. The number of carbonyl (C=O) groups is 2. The first kappa shape index (κ1) is 32.8. The van der Waals surface area contributed by atoms with Gasteiger partial charge in [0, 0.05) is 51.0 Å². The Hall–Kier alpha value is -3.60. The summed E-state index contributed by atoms with van der Waals surface area (Å²) in [6, 6.07) is 24.3. The highest BCUT2D eigenvalue weighted by atomic mass is 16.7. The van der Waals surface area contributed by atoms with Crippen LogP contribution in [0.15, 0.2) is 72.8 Å². The van der Waals surface area contributed by atoms with Crippen LogP contribution in [0.1, 0.15) is 73.2 Å². The lowest BCUT2D eigenvalue weighted by Gasteiger charge is -2.39. The Kier molecular flexibility index (Phi) is 12.1. The lowest BCUT2D eigenvalue weighted by atomic mass is 9.98. The van der Waals surface area contributed by atoms with Gasteiger partial charge in [-0.05, 0) is 52.8 Å². The van der Waals surface area contributed by atoms with Gasteiger partial charge in [-0.3, -0.25) is 14.5 Å². The predicted octanol–water partition coefficient (Wildman–Crippen LogP) is 5.37. The molecule has 0 radical (unpaired) electrons. The van der Waals surface area contributed by atoms with Gasteiger partial charge in [0.2, 0.25) is 5.91 Å². The number of unbranched alkanes of at least 4 members (excludes halogenated alkanes) is 2. The number of nitrogens with one attached hydrogen (secondary N) is 1. The van der Waals surface area contributed by atoms with Crippen LogP contribution in [0.5, 0.6) is 0 Å². The predicted molar refractivity (Wildman–Crippen MR) is 170 cm³/mol. The molecule has 3 aromatic carbocycles. The van der Waals surface area contributed by atoms with Crippen LogP contribution in [0.25, 0.3) is 11.1 Å². The van der Waals surface area contributed by atoms with Crippen molar-refractivity contribution in [2.45, 2.75) is 70.2 Å². The molecule has 2 heterocycles. The number of hydrogen-bond acceptors (Lipinski definition) is 7. The first-order valence-electron chi connectivity index (χ1n) is 16.0. The fraction of sp³-hybridized carbons (Fsp3) is 0.444. The van der Waals surface area contributed by atoms with E-state index in [1.807, 2.05) is 48.5 Å². The number of carboxylic acids is 1. The Labute approximate surface area is 265 Å². The molecular weight excluding hydrogens is 572 g/mol. The number of ether oxygens (including phenoxy) is 3. The average Bonchev–Trinajstić information content (AvgIpc) is 3.07. The second-order valence-electron chi connectivity index (χ2n) is 11.8. The SMILES string of the molecule is O=C(O)CCCCCC(=O)NCc1cccc(-c2cccc([C@H]3O[C@@H](CN4CCOCC4)C[C@@H](c4ccc(CO)cc4)O3)c2)c1. The van der Waals surface area contributed by atoms with Gasteiger partial charge in [-0.1, -0.05) is 67.1 Å². The summed E-state index contributed by atoms with van der Waals surface area (Å²) in [7, 11) is 0. The maximum atomic E-state index is 12.3. The highest BCUT2D eigenvalue weighted by Crippen LogP contribution is 2.39. The summed E-state index contributed by atoms with van der Waals surface area (Å²) in [6.45, 7) is 4.49. The van der Waals surface area contributed by atoms with Crippen molar-refractivity contribution in [3.05, 3.63) is 95.1 Å². The topological polar surface area (TPSA) is 118 Å². The van der Waals surface area contributed by atoms with Gasteiger partial charge in [-0.15, -0.1) is 0 Å². The number of morpholine rings is 1. The third-order valence-corrected chi connectivity index (χ3v) is 8.38. The molecule has 0 bridgehead atoms. The van der Waals surface area contributed by atoms with Crippen molar-refractivity contribution < 1.29 is 34.0 Å². The van der Waals surface area contributed by atoms with E-state index >= 15 is 0 Å². The molecule has 2 saturated heterocycles. The van der Waals surface area contributed by atoms with Crippen molar-refractivity contribution in [2.75, 3.05) is 32.8 Å². The number of carboxylic acid groups (broad SMARTS) is 1. The molecule has 5 rings (SSSR count). The number of aliphatic carboxylic acids is 1. The first-order chi connectivity index (χ1) is 22.0. The molecular formula is C36H44N2O7. The first-order valence-corrected chi connectivity index (χ1v) is 16.0. The van der Waals surface area contributed by atoms with Gasteiger partial charge in [-0.2, -0.15) is 0 Å². The standard InChI is InChI=1S/C36H44N2O7/c39-25-26-12-14-28(15-13-26)33-22-32(24-38-16-18-43-19-17-38)44-36(45-33)31-9-5-8-30(21-31)29-7-4-6-27(20-29)23-37-34(40)10-2-1-3-11-35(41)42/h4-9,12-15,20-21,32-33,36,39H,1-3,10-11,16-19,22-25H2,(H,37,40)(H,41,42)/t32-,33+,36+/m1/s1. The summed E-state index contributed by atoms with van der Waals surface area (Å²) in [5.74, 6) is -0.831. The van der Waals surface area contributed by atoms with E-state index in [1.54, 1.807) is 0 Å². The van der Waals surface area contributed by atoms with E-state index in [0.717, 1.165) is 79.1 Å². The number of carbonyl (C=O) groups excluding carboxylic acids is 1. The van der Waals surface area contributed by atoms with Crippen LogP contribution in [-0.4, -0.2) is 65.9 Å². The zero-order chi connectivity index (χ0) is 31.4. The summed E-state index contributed by atoms with van der Waals surface area (Å²) < 4.78 is 18.7. The van der Waals surface area contributed by atoms with Crippen molar-refractivity contribution in [3.63, 3.8) is 0 Å². The van der Waals surface area contributed by atoms with Crippen LogP contribution in [-0.2, 0) is 37.0 Å². The maximum Gasteiger partial charge on any atom is 0.303 e. The van der Waals surface area contributed by atoms with Gasteiger partial charge >= 0.3 is 5.97 Å². The molecule has 0 aromatic heterocycles. The number of aliphatic hydroxyl groups excluding tert-OH is 1. The monoisotopic (exact) mass is 616 g/mol. The van der Waals surface area contributed by atoms with Crippen LogP contribution >= 0.6 is 0 Å². The smallest absolute Gasteiger partial charge is 0.303 e. The number of benzene rings is 3. The molecule has 2 aliphatic rings. The molecule has 0 unspecified atom stereocenters. The minimum atomic E-state index is -0.800. The van der Waals surface area contributed by atoms with Crippen molar-refractivity contribution in [1.82, 2.24) is 10.2 Å². The maximum absolute atomic E-state index is 12.3. The van der Waals surface area contributed by atoms with E-state index in [4.69, 9.17) is 19.3 Å². The van der Waals surface area contributed by atoms with E-state index in [0.29, 0.717) is 25.8 Å². The van der Waals surface area contributed by atoms with E-state index in [1.165, 1.54) is 0 Å². The number of hydrogen-bond donors (Lipinski definition) is 3. The number of nitrogens with zero attached hydrogens (tertiary/aromatic N) is 1. The van der Waals surface area contributed by atoms with Gasteiger partial charge in [0.25, 0.3) is 0 Å². The number of aliphatic hydroxyl groups is 1. The molecule has 9 nitrogen and oxygen atoms in total. The molecule has 2 aliphatic heterocycles. The van der Waals surface area contributed by atoms with Crippen LogP contribution in [0.4, 0.5) is 0 Å². The minimum Gasteiger partial charge on any atom is -0.481 e. The quantitative estimate of drug-likeness (QED) is 0.207. The molecule has 240 valence electrons. The normalized spacial score (nSPS) is 20.5. The lowest BCUT2D eigenvalue weighted by molar-refractivity contribution is -0.253. The van der Waals surface area contributed by atoms with Gasteiger partial charge in [0.05, 0.1) is 32.0 Å². The fourth-order valence-corrected chi connectivity index (χ4v) is 5.86. The zero-order valence-corrected chi connectivity index (χ0v) is 25.7. The summed E-state index contributed by atoms with van der Waals surface area (Å²) in [5.41, 5.74) is 5.95. The third kappa shape index (κ3) is 9.94. The molecule has 0 aliphatic carbocycles. The lowest BCUT2D eigenvalue weighted by Crippen LogP contribution is -2.44. The Morgan fingerprint density at radius 3 is 2.31 bits per heavy atom. The van der Waals surface area contributed by atoms with E-state index in [9.17, 15) is 14.7 Å². The third-order valence-electron chi connectivity index (χ3n) is 8.38. The van der Waals surface area contributed by atoms with Gasteiger partial charge < -0.3 is 29.7 Å². The van der Waals surface area contributed by atoms with Gasteiger partial charge in [0.1, 0.15) is 0 Å². The molecule has 0 saturated carbocycles. The molecule has 45 heavy (non-hydrogen) atoms. The van der Waals surface area contributed by atoms with Crippen molar-refractivity contribution >= 4 is 11.9 Å². The summed E-state index contributed by atoms with van der Waals surface area (Å²) in [4.78, 5) is 25.4. The Morgan fingerprint density at radius 1 is 0.822 bits per heavy atom. The fourth-order valence-electron chi connectivity index (χ4n) is 5.86. The second-order valence-corrected chi connectivity index (χ2v) is 11.8. The molecule has 3 atom stereocenters. The van der Waals surface area contributed by atoms with Crippen LogP contribution < -0.4 is 5.32 Å². The van der Waals surface area contributed by atoms with Crippen LogP contribution in [0.2, 0.25) is 0 Å². The number of amides is 1.